The van der Waals surface area contributed by atoms with Gasteiger partial charge in [-0.3, -0.25) is 5.21 Å². The van der Waals surface area contributed by atoms with Crippen LogP contribution in [0.25, 0.3) is 11.3 Å². The molecule has 2 aromatic rings. The molecule has 0 unspecified atom stereocenters. The normalized spacial score (nSPS) is 10.3. The summed E-state index contributed by atoms with van der Waals surface area (Å²) in [6.45, 7) is 0. The summed E-state index contributed by atoms with van der Waals surface area (Å²) >= 11 is 1.35. The van der Waals surface area contributed by atoms with Gasteiger partial charge in [-0.05, 0) is 12.1 Å². The van der Waals surface area contributed by atoms with Crippen LogP contribution in [-0.2, 0) is 0 Å². The lowest BCUT2D eigenvalue weighted by atomic mass is 10.1. The number of hydrogen-bond acceptors (Lipinski definition) is 6. The highest BCUT2D eigenvalue weighted by Gasteiger charge is 2.02. The first-order valence-corrected chi connectivity index (χ1v) is 5.02. The van der Waals surface area contributed by atoms with Crippen molar-refractivity contribution in [1.82, 2.24) is 4.98 Å². The molecular formula is C9H8N3O2S-. The molecule has 0 saturated carbocycles. The van der Waals surface area contributed by atoms with Gasteiger partial charge in [0.05, 0.1) is 11.4 Å². The Morgan fingerprint density at radius 3 is 2.47 bits per heavy atom. The van der Waals surface area contributed by atoms with E-state index in [-0.39, 0.29) is 10.9 Å². The molecule has 0 spiro atoms. The van der Waals surface area contributed by atoms with Gasteiger partial charge in [0, 0.05) is 10.9 Å². The van der Waals surface area contributed by atoms with Crippen molar-refractivity contribution in [2.45, 2.75) is 0 Å². The lowest BCUT2D eigenvalue weighted by Gasteiger charge is -2.21. The summed E-state index contributed by atoms with van der Waals surface area (Å²) in [5, 5.41) is 21.3. The number of hydrogen-bond donors (Lipinski definition) is 2. The SMILES string of the molecule is Nc1nc(-c2ccc(N([O-])O)cc2)cs1. The maximum atomic E-state index is 10.5. The number of anilines is 2. The van der Waals surface area contributed by atoms with Crippen LogP contribution in [0.1, 0.15) is 0 Å². The Balaban J connectivity index is 2.31. The van der Waals surface area contributed by atoms with Crippen molar-refractivity contribution in [1.29, 1.82) is 0 Å². The fraction of sp³-hybridized carbons (Fsp3) is 0. The van der Waals surface area contributed by atoms with E-state index in [1.165, 1.54) is 23.5 Å². The molecule has 0 atom stereocenters. The second-order valence-electron chi connectivity index (χ2n) is 2.89. The number of aromatic nitrogens is 1. The number of rotatable bonds is 2. The zero-order valence-corrected chi connectivity index (χ0v) is 8.44. The number of nitrogens with two attached hydrogens (primary N) is 1. The standard InChI is InChI=1S/C9H8N3O2S/c10-9-11-8(5-15-9)6-1-3-7(4-2-6)12(13)14/h1-5,13H,(H2,10,11)/q-1. The molecule has 0 radical (unpaired) electrons. The molecule has 3 N–H and O–H groups in total. The van der Waals surface area contributed by atoms with Gasteiger partial charge in [0.2, 0.25) is 0 Å². The van der Waals surface area contributed by atoms with Crippen LogP contribution in [0, 0.1) is 5.21 Å². The maximum Gasteiger partial charge on any atom is 0.180 e. The first-order chi connectivity index (χ1) is 7.16. The summed E-state index contributed by atoms with van der Waals surface area (Å²) in [5.74, 6) is 0. The largest absolute Gasteiger partial charge is 0.733 e. The molecule has 1 heterocycles. The summed E-state index contributed by atoms with van der Waals surface area (Å²) in [6, 6.07) is 6.42. The third-order valence-electron chi connectivity index (χ3n) is 1.91. The van der Waals surface area contributed by atoms with Crippen LogP contribution < -0.4 is 11.0 Å². The molecular weight excluding hydrogens is 214 g/mol. The smallest absolute Gasteiger partial charge is 0.180 e. The molecule has 0 fully saturated rings. The lowest BCUT2D eigenvalue weighted by Crippen LogP contribution is -2.06. The minimum absolute atomic E-state index is 0.181. The summed E-state index contributed by atoms with van der Waals surface area (Å²) in [5.41, 5.74) is 7.30. The van der Waals surface area contributed by atoms with Crippen LogP contribution >= 0.6 is 11.3 Å². The Labute approximate surface area is 89.9 Å². The molecule has 0 bridgehead atoms. The van der Waals surface area contributed by atoms with Gasteiger partial charge in [0.25, 0.3) is 0 Å². The third-order valence-corrected chi connectivity index (χ3v) is 2.58. The van der Waals surface area contributed by atoms with Crippen molar-refractivity contribution in [3.63, 3.8) is 0 Å². The average Bonchev–Trinajstić information content (AvgIpc) is 2.65. The van der Waals surface area contributed by atoms with Crippen molar-refractivity contribution >= 4 is 22.2 Å². The van der Waals surface area contributed by atoms with E-state index >= 15 is 0 Å². The molecule has 2 rings (SSSR count). The van der Waals surface area contributed by atoms with Crippen LogP contribution in [0.15, 0.2) is 29.6 Å². The molecule has 0 aliphatic rings. The molecule has 78 valence electrons. The summed E-state index contributed by atoms with van der Waals surface area (Å²) in [7, 11) is 0. The maximum absolute atomic E-state index is 10.5. The second-order valence-corrected chi connectivity index (χ2v) is 3.78. The third kappa shape index (κ3) is 2.07. The van der Waals surface area contributed by atoms with Gasteiger partial charge < -0.3 is 16.2 Å². The van der Waals surface area contributed by atoms with E-state index in [1.807, 2.05) is 5.38 Å². The number of benzene rings is 1. The van der Waals surface area contributed by atoms with E-state index in [0.29, 0.717) is 5.13 Å². The van der Waals surface area contributed by atoms with Crippen molar-refractivity contribution in [3.8, 4) is 11.3 Å². The monoisotopic (exact) mass is 222 g/mol. The summed E-state index contributed by atoms with van der Waals surface area (Å²) < 4.78 is 0. The number of nitrogen functional groups attached to an aromatic ring is 1. The van der Waals surface area contributed by atoms with Gasteiger partial charge in [-0.1, -0.05) is 12.1 Å². The fourth-order valence-corrected chi connectivity index (χ4v) is 1.75. The van der Waals surface area contributed by atoms with Crippen molar-refractivity contribution < 1.29 is 5.21 Å². The van der Waals surface area contributed by atoms with Gasteiger partial charge in [-0.2, -0.15) is 0 Å². The Morgan fingerprint density at radius 2 is 2.00 bits per heavy atom. The molecule has 15 heavy (non-hydrogen) atoms. The predicted octanol–water partition coefficient (Wildman–Crippen LogP) is 2.09. The van der Waals surface area contributed by atoms with E-state index < -0.39 is 0 Å². The Morgan fingerprint density at radius 1 is 1.33 bits per heavy atom. The van der Waals surface area contributed by atoms with Crippen LogP contribution in [0.5, 0.6) is 0 Å². The number of nitrogens with zero attached hydrogens (tertiary/aromatic N) is 2. The first-order valence-electron chi connectivity index (χ1n) is 4.14. The minimum atomic E-state index is -0.181. The zero-order chi connectivity index (χ0) is 10.8. The first kappa shape index (κ1) is 9.91. The quantitative estimate of drug-likeness (QED) is 0.760. The lowest BCUT2D eigenvalue weighted by molar-refractivity contribution is 0.296. The summed E-state index contributed by atoms with van der Waals surface area (Å²) in [6.07, 6.45) is 0. The van der Waals surface area contributed by atoms with Crippen molar-refractivity contribution in [2.24, 2.45) is 0 Å². The summed E-state index contributed by atoms with van der Waals surface area (Å²) in [4.78, 5) is 4.10. The van der Waals surface area contributed by atoms with E-state index in [0.717, 1.165) is 11.3 Å². The molecule has 5 nitrogen and oxygen atoms in total. The van der Waals surface area contributed by atoms with Gasteiger partial charge >= 0.3 is 0 Å². The predicted molar refractivity (Wildman–Crippen MR) is 59.6 cm³/mol. The van der Waals surface area contributed by atoms with Crippen LogP contribution in [0.4, 0.5) is 10.8 Å². The minimum Gasteiger partial charge on any atom is -0.733 e. The second kappa shape index (κ2) is 3.85. The Hall–Kier alpha value is -1.63. The van der Waals surface area contributed by atoms with Crippen LogP contribution in [0.2, 0.25) is 0 Å². The van der Waals surface area contributed by atoms with Crippen LogP contribution in [-0.4, -0.2) is 10.2 Å². The molecule has 0 amide bonds. The van der Waals surface area contributed by atoms with Crippen molar-refractivity contribution in [3.05, 3.63) is 34.9 Å². The molecule has 6 heteroatoms. The van der Waals surface area contributed by atoms with Gasteiger partial charge in [0.1, 0.15) is 0 Å². The van der Waals surface area contributed by atoms with E-state index in [1.54, 1.807) is 12.1 Å². The highest BCUT2D eigenvalue weighted by Crippen LogP contribution is 2.24. The highest BCUT2D eigenvalue weighted by molar-refractivity contribution is 7.13. The average molecular weight is 222 g/mol. The Bertz CT molecular complexity index is 453. The van der Waals surface area contributed by atoms with E-state index in [9.17, 15) is 5.21 Å². The van der Waals surface area contributed by atoms with Gasteiger partial charge in [-0.15, -0.1) is 11.3 Å². The molecule has 1 aromatic carbocycles. The van der Waals surface area contributed by atoms with Crippen LogP contribution in [0.3, 0.4) is 0 Å². The van der Waals surface area contributed by atoms with Crippen molar-refractivity contribution in [2.75, 3.05) is 11.0 Å². The molecule has 0 aliphatic carbocycles. The van der Waals surface area contributed by atoms with Gasteiger partial charge in [-0.25, -0.2) is 4.98 Å². The van der Waals surface area contributed by atoms with E-state index in [4.69, 9.17) is 10.9 Å². The molecule has 1 aromatic heterocycles. The van der Waals surface area contributed by atoms with Gasteiger partial charge in [0.15, 0.2) is 5.13 Å². The fourth-order valence-electron chi connectivity index (χ4n) is 1.18. The molecule has 0 saturated heterocycles. The Kier molecular flexibility index (Phi) is 2.55. The topological polar surface area (TPSA) is 85.4 Å². The number of thiazole rings is 1. The van der Waals surface area contributed by atoms with E-state index in [2.05, 4.69) is 4.98 Å². The highest BCUT2D eigenvalue weighted by atomic mass is 32.1. The zero-order valence-electron chi connectivity index (χ0n) is 7.62. The molecule has 0 aliphatic heterocycles.